The number of carbonyl (C=O) groups excluding carboxylic acids is 7. The van der Waals surface area contributed by atoms with Gasteiger partial charge in [-0.05, 0) is 122 Å². The van der Waals surface area contributed by atoms with Gasteiger partial charge in [-0.25, -0.2) is 14.4 Å². The van der Waals surface area contributed by atoms with E-state index in [1.165, 1.54) is 19.2 Å². The summed E-state index contributed by atoms with van der Waals surface area (Å²) in [6.07, 6.45) is -2.75. The molecule has 2 aromatic carbocycles. The number of likely N-dealkylation sites (N-methyl/N-ethyl adjacent to an activating group) is 1. The molecule has 19 heteroatoms. The van der Waals surface area contributed by atoms with Gasteiger partial charge in [-0.1, -0.05) is 12.1 Å². The van der Waals surface area contributed by atoms with Crippen molar-refractivity contribution < 1.29 is 58.0 Å². The first kappa shape index (κ1) is 50.1. The highest BCUT2D eigenvalue weighted by atomic mass is 16.6. The Kier molecular flexibility index (Phi) is 17.4. The maximum atomic E-state index is 14.3. The molecule has 7 amide bonds. The van der Waals surface area contributed by atoms with Gasteiger partial charge in [0.15, 0.2) is 0 Å². The van der Waals surface area contributed by atoms with E-state index in [4.69, 9.17) is 14.2 Å². The average Bonchev–Trinajstić information content (AvgIpc) is 3.12. The fraction of sp³-hybridized carbons (Fsp3) is 0.558. The quantitative estimate of drug-likeness (QED) is 0.120. The largest absolute Gasteiger partial charge is 0.508 e. The lowest BCUT2D eigenvalue weighted by molar-refractivity contribution is -0.139. The van der Waals surface area contributed by atoms with E-state index in [0.717, 1.165) is 4.90 Å². The standard InChI is InChI=1S/C43H63N7O12/c1-41(2,3)60-38(57)45-17-11-12-29-35(54)48-31(37(56)50(10)24-34(53)44-18-19-46-39(58)61-42(4,5)6)23-28-21-26(14-16-33(28)52)25-13-15-32(51)27(20-25)22-30(36(55)47-29)49-40(59)62-43(7,8)9/h13-16,20-21,29-31,51-52H,11-12,17-19,22-24H2,1-10H3,(H,44,53)(H,45,57)(H,46,58)(H,47,55)(H,48,54)(H,49,59)/t29-,30-,31-/m0/s1. The number of ether oxygens (including phenoxy) is 3. The fourth-order valence-corrected chi connectivity index (χ4v) is 6.08. The van der Waals surface area contributed by atoms with E-state index in [0.29, 0.717) is 11.1 Å². The van der Waals surface area contributed by atoms with Gasteiger partial charge in [0.25, 0.3) is 0 Å². The first-order valence-corrected chi connectivity index (χ1v) is 20.4. The molecule has 0 aliphatic carbocycles. The zero-order valence-electron chi connectivity index (χ0n) is 37.3. The van der Waals surface area contributed by atoms with Gasteiger partial charge in [-0.2, -0.15) is 0 Å². The SMILES string of the molecule is CN(CC(=O)NCCNC(=O)OC(C)(C)C)C(=O)[C@@H]1Cc2cc(ccc2O)-c2ccc(O)c(c2)C[C@H](NC(=O)OC(C)(C)C)C(=O)N[C@@H](CCCNC(=O)OC(C)(C)C)C(=O)N1. The third-order valence-corrected chi connectivity index (χ3v) is 8.81. The molecular formula is C43H63N7O12. The number of carbonyl (C=O) groups is 7. The van der Waals surface area contributed by atoms with Gasteiger partial charge in [-0.15, -0.1) is 0 Å². The molecule has 342 valence electrons. The van der Waals surface area contributed by atoms with Crippen molar-refractivity contribution in [3.05, 3.63) is 47.5 Å². The summed E-state index contributed by atoms with van der Waals surface area (Å²) in [6.45, 7) is 14.8. The molecule has 0 saturated carbocycles. The van der Waals surface area contributed by atoms with E-state index in [1.54, 1.807) is 86.6 Å². The maximum Gasteiger partial charge on any atom is 0.408 e. The number of hydrogen-bond donors (Lipinski definition) is 8. The number of amides is 7. The molecule has 0 unspecified atom stereocenters. The molecule has 3 rings (SSSR count). The lowest BCUT2D eigenvalue weighted by Gasteiger charge is -2.28. The Morgan fingerprint density at radius 1 is 0.677 bits per heavy atom. The van der Waals surface area contributed by atoms with E-state index in [9.17, 15) is 43.8 Å². The molecule has 0 saturated heterocycles. The van der Waals surface area contributed by atoms with E-state index >= 15 is 0 Å². The van der Waals surface area contributed by atoms with Crippen LogP contribution in [0.1, 0.15) is 86.3 Å². The van der Waals surface area contributed by atoms with Crippen molar-refractivity contribution in [2.45, 2.75) is 123 Å². The second kappa shape index (κ2) is 21.5. The topological polar surface area (TPSA) is 263 Å². The predicted octanol–water partition coefficient (Wildman–Crippen LogP) is 3.13. The van der Waals surface area contributed by atoms with E-state index in [2.05, 4.69) is 31.9 Å². The maximum absolute atomic E-state index is 14.3. The minimum atomic E-state index is -1.40. The van der Waals surface area contributed by atoms with Gasteiger partial charge in [0.05, 0.1) is 6.54 Å². The number of hydrogen-bond acceptors (Lipinski definition) is 12. The van der Waals surface area contributed by atoms with Crippen LogP contribution in [0, 0.1) is 0 Å². The molecule has 0 aromatic heterocycles. The third-order valence-electron chi connectivity index (χ3n) is 8.81. The molecule has 19 nitrogen and oxygen atoms in total. The monoisotopic (exact) mass is 869 g/mol. The third kappa shape index (κ3) is 17.4. The summed E-state index contributed by atoms with van der Waals surface area (Å²) >= 11 is 0. The van der Waals surface area contributed by atoms with E-state index in [1.807, 2.05) is 0 Å². The van der Waals surface area contributed by atoms with Crippen LogP contribution in [0.2, 0.25) is 0 Å². The molecule has 2 aromatic rings. The Bertz CT molecular complexity index is 1950. The Balaban J connectivity index is 1.99. The Hall–Kier alpha value is -6.27. The summed E-state index contributed by atoms with van der Waals surface area (Å²) in [6, 6.07) is 5.14. The van der Waals surface area contributed by atoms with Crippen LogP contribution in [0.4, 0.5) is 14.4 Å². The molecular weight excluding hydrogens is 807 g/mol. The number of nitrogens with zero attached hydrogens (tertiary/aromatic N) is 1. The van der Waals surface area contributed by atoms with Crippen molar-refractivity contribution >= 4 is 41.9 Å². The van der Waals surface area contributed by atoms with Crippen LogP contribution in [0.5, 0.6) is 11.5 Å². The van der Waals surface area contributed by atoms with Crippen LogP contribution in [-0.4, -0.2) is 125 Å². The van der Waals surface area contributed by atoms with Crippen molar-refractivity contribution in [2.24, 2.45) is 0 Å². The minimum Gasteiger partial charge on any atom is -0.508 e. The smallest absolute Gasteiger partial charge is 0.408 e. The molecule has 3 atom stereocenters. The van der Waals surface area contributed by atoms with Crippen LogP contribution in [0.3, 0.4) is 0 Å². The van der Waals surface area contributed by atoms with Gasteiger partial charge in [-0.3, -0.25) is 19.2 Å². The van der Waals surface area contributed by atoms with Crippen molar-refractivity contribution in [2.75, 3.05) is 33.2 Å². The summed E-state index contributed by atoms with van der Waals surface area (Å²) in [5.74, 6) is -3.32. The summed E-state index contributed by atoms with van der Waals surface area (Å²) in [5.41, 5.74) is -0.789. The van der Waals surface area contributed by atoms with Gasteiger partial charge in [0.1, 0.15) is 46.4 Å². The minimum absolute atomic E-state index is 0.0217. The number of phenolic OH excluding ortho intramolecular Hbond substituents is 2. The van der Waals surface area contributed by atoms with Crippen molar-refractivity contribution in [1.29, 1.82) is 0 Å². The molecule has 0 radical (unpaired) electrons. The van der Waals surface area contributed by atoms with Crippen LogP contribution in [0.25, 0.3) is 11.1 Å². The van der Waals surface area contributed by atoms with Crippen LogP contribution >= 0.6 is 0 Å². The Morgan fingerprint density at radius 2 is 1.16 bits per heavy atom. The summed E-state index contributed by atoms with van der Waals surface area (Å²) in [7, 11) is 1.35. The molecule has 62 heavy (non-hydrogen) atoms. The molecule has 1 aliphatic heterocycles. The number of fused-ring (bicyclic) bond motifs is 5. The molecule has 1 aliphatic rings. The van der Waals surface area contributed by atoms with Crippen molar-refractivity contribution in [3.63, 3.8) is 0 Å². The second-order valence-electron chi connectivity index (χ2n) is 18.0. The van der Waals surface area contributed by atoms with Gasteiger partial charge < -0.3 is 61.2 Å². The highest BCUT2D eigenvalue weighted by Crippen LogP contribution is 2.31. The molecule has 0 fully saturated rings. The molecule has 8 N–H and O–H groups in total. The average molecular weight is 870 g/mol. The van der Waals surface area contributed by atoms with Crippen LogP contribution in [-0.2, 0) is 46.2 Å². The van der Waals surface area contributed by atoms with E-state index in [-0.39, 0.29) is 67.9 Å². The lowest BCUT2D eigenvalue weighted by atomic mass is 9.95. The fourth-order valence-electron chi connectivity index (χ4n) is 6.08. The first-order valence-electron chi connectivity index (χ1n) is 20.4. The summed E-state index contributed by atoms with van der Waals surface area (Å²) < 4.78 is 15.9. The van der Waals surface area contributed by atoms with E-state index < -0.39 is 83.4 Å². The molecule has 1 heterocycles. The Labute approximate surface area is 362 Å². The lowest BCUT2D eigenvalue weighted by Crippen LogP contribution is -2.58. The van der Waals surface area contributed by atoms with Gasteiger partial charge >= 0.3 is 18.3 Å². The van der Waals surface area contributed by atoms with Gasteiger partial charge in [0, 0.05) is 39.5 Å². The zero-order chi connectivity index (χ0) is 46.6. The number of alkyl carbamates (subject to hydrolysis) is 3. The number of rotatable bonds is 11. The normalized spacial score (nSPS) is 17.1. The van der Waals surface area contributed by atoms with Crippen molar-refractivity contribution in [3.8, 4) is 22.6 Å². The van der Waals surface area contributed by atoms with Crippen LogP contribution in [0.15, 0.2) is 36.4 Å². The first-order chi connectivity index (χ1) is 28.7. The van der Waals surface area contributed by atoms with Crippen LogP contribution < -0.4 is 31.9 Å². The highest BCUT2D eigenvalue weighted by molar-refractivity contribution is 5.95. The van der Waals surface area contributed by atoms with Crippen molar-refractivity contribution in [1.82, 2.24) is 36.8 Å². The van der Waals surface area contributed by atoms with Gasteiger partial charge in [0.2, 0.25) is 23.6 Å². The number of nitrogens with one attached hydrogen (secondary N) is 6. The number of phenols is 2. The second-order valence-corrected chi connectivity index (χ2v) is 18.0. The number of benzene rings is 2. The predicted molar refractivity (Wildman–Crippen MR) is 228 cm³/mol. The number of aromatic hydroxyl groups is 2. The summed E-state index contributed by atoms with van der Waals surface area (Å²) in [5, 5.41) is 37.6. The zero-order valence-corrected chi connectivity index (χ0v) is 37.3. The highest BCUT2D eigenvalue weighted by Gasteiger charge is 2.33. The summed E-state index contributed by atoms with van der Waals surface area (Å²) in [4.78, 5) is 94.0. The molecule has 4 bridgehead atoms. The molecule has 0 spiro atoms. The Morgan fingerprint density at radius 3 is 1.69 bits per heavy atom.